The molecule has 63 heavy (non-hydrogen) atoms. The van der Waals surface area contributed by atoms with Crippen LogP contribution in [0.4, 0.5) is 0 Å². The summed E-state index contributed by atoms with van der Waals surface area (Å²) in [6.45, 7) is 0. The van der Waals surface area contributed by atoms with E-state index in [0.717, 1.165) is 60.9 Å². The topological polar surface area (TPSA) is 51.6 Å². The van der Waals surface area contributed by atoms with Crippen molar-refractivity contribution < 1.29 is 0 Å². The Labute approximate surface area is 368 Å². The summed E-state index contributed by atoms with van der Waals surface area (Å²) in [6, 6.07) is 76.9. The van der Waals surface area contributed by atoms with Crippen molar-refractivity contribution in [2.24, 2.45) is 0 Å². The number of thiophene rings is 1. The second kappa shape index (κ2) is 15.4. The van der Waals surface area contributed by atoms with E-state index in [-0.39, 0.29) is 0 Å². The molecular formula is C58H36N4S. The third-order valence-corrected chi connectivity index (χ3v) is 13.2. The first-order valence-electron chi connectivity index (χ1n) is 21.1. The number of aromatic nitrogens is 4. The lowest BCUT2D eigenvalue weighted by atomic mass is 9.92. The van der Waals surface area contributed by atoms with E-state index >= 15 is 0 Å². The number of pyridine rings is 1. The molecule has 0 unspecified atom stereocenters. The Bertz CT molecular complexity index is 3640. The van der Waals surface area contributed by atoms with Gasteiger partial charge in [-0.2, -0.15) is 0 Å². The van der Waals surface area contributed by atoms with Crippen LogP contribution in [-0.2, 0) is 0 Å². The van der Waals surface area contributed by atoms with E-state index in [0.29, 0.717) is 17.5 Å². The minimum absolute atomic E-state index is 0.622. The molecule has 0 aliphatic heterocycles. The number of nitrogens with zero attached hydrogens (tertiary/aromatic N) is 4. The molecule has 0 fully saturated rings. The fourth-order valence-corrected chi connectivity index (χ4v) is 10.1. The molecule has 4 nitrogen and oxygen atoms in total. The van der Waals surface area contributed by atoms with Gasteiger partial charge in [0, 0.05) is 58.6 Å². The van der Waals surface area contributed by atoms with Crippen molar-refractivity contribution in [2.45, 2.75) is 0 Å². The number of benzene rings is 9. The van der Waals surface area contributed by atoms with Gasteiger partial charge in [-0.1, -0.05) is 206 Å². The third-order valence-electron chi connectivity index (χ3n) is 12.0. The molecule has 0 spiro atoms. The zero-order valence-electron chi connectivity index (χ0n) is 34.0. The average Bonchev–Trinajstić information content (AvgIpc) is 3.76. The van der Waals surface area contributed by atoms with Gasteiger partial charge in [-0.05, 0) is 45.5 Å². The van der Waals surface area contributed by atoms with Gasteiger partial charge < -0.3 is 0 Å². The first kappa shape index (κ1) is 36.7. The summed E-state index contributed by atoms with van der Waals surface area (Å²) < 4.78 is 2.60. The van der Waals surface area contributed by atoms with Crippen LogP contribution in [0.1, 0.15) is 0 Å². The average molecular weight is 821 g/mol. The van der Waals surface area contributed by atoms with E-state index in [2.05, 4.69) is 188 Å². The second-order valence-corrected chi connectivity index (χ2v) is 16.8. The zero-order chi connectivity index (χ0) is 41.7. The van der Waals surface area contributed by atoms with Crippen LogP contribution < -0.4 is 0 Å². The van der Waals surface area contributed by atoms with Gasteiger partial charge in [-0.25, -0.2) is 19.9 Å². The van der Waals surface area contributed by atoms with Crippen molar-refractivity contribution in [1.29, 1.82) is 0 Å². The summed E-state index contributed by atoms with van der Waals surface area (Å²) >= 11 is 1.85. The smallest absolute Gasteiger partial charge is 0.164 e. The van der Waals surface area contributed by atoms with E-state index < -0.39 is 0 Å². The van der Waals surface area contributed by atoms with E-state index in [1.165, 1.54) is 42.2 Å². The lowest BCUT2D eigenvalue weighted by Crippen LogP contribution is -2.00. The van der Waals surface area contributed by atoms with Gasteiger partial charge in [0.05, 0.1) is 11.2 Å². The van der Waals surface area contributed by atoms with Crippen molar-refractivity contribution >= 4 is 53.2 Å². The Morgan fingerprint density at radius 2 is 0.762 bits per heavy atom. The lowest BCUT2D eigenvalue weighted by Gasteiger charge is -2.15. The molecule has 0 radical (unpaired) electrons. The molecular weight excluding hydrogens is 785 g/mol. The number of hydrogen-bond donors (Lipinski definition) is 0. The number of rotatable bonds is 7. The van der Waals surface area contributed by atoms with Crippen LogP contribution in [0.3, 0.4) is 0 Å². The molecule has 9 aromatic carbocycles. The fourth-order valence-electron chi connectivity index (χ4n) is 8.85. The highest BCUT2D eigenvalue weighted by Gasteiger charge is 2.17. The maximum absolute atomic E-state index is 5.36. The first-order valence-corrected chi connectivity index (χ1v) is 21.9. The molecule has 0 saturated carbocycles. The van der Waals surface area contributed by atoms with Crippen LogP contribution in [-0.4, -0.2) is 19.9 Å². The Hall–Kier alpha value is -8.12. The highest BCUT2D eigenvalue weighted by atomic mass is 32.1. The van der Waals surface area contributed by atoms with Crippen molar-refractivity contribution in [3.8, 4) is 78.8 Å². The van der Waals surface area contributed by atoms with Gasteiger partial charge in [0.1, 0.15) is 0 Å². The van der Waals surface area contributed by atoms with Gasteiger partial charge in [0.2, 0.25) is 0 Å². The largest absolute Gasteiger partial charge is 0.247 e. The maximum atomic E-state index is 5.36. The van der Waals surface area contributed by atoms with Crippen molar-refractivity contribution in [2.75, 3.05) is 0 Å². The zero-order valence-corrected chi connectivity index (χ0v) is 34.8. The minimum Gasteiger partial charge on any atom is -0.247 e. The summed E-state index contributed by atoms with van der Waals surface area (Å²) in [7, 11) is 0. The maximum Gasteiger partial charge on any atom is 0.164 e. The summed E-state index contributed by atoms with van der Waals surface area (Å²) in [4.78, 5) is 20.5. The van der Waals surface area contributed by atoms with Crippen LogP contribution in [0.5, 0.6) is 0 Å². The second-order valence-electron chi connectivity index (χ2n) is 15.8. The Kier molecular flexibility index (Phi) is 8.98. The molecule has 294 valence electrons. The normalized spacial score (nSPS) is 11.5. The van der Waals surface area contributed by atoms with E-state index in [1.807, 2.05) is 41.7 Å². The van der Waals surface area contributed by atoms with Crippen LogP contribution in [0.2, 0.25) is 0 Å². The van der Waals surface area contributed by atoms with Gasteiger partial charge in [-0.15, -0.1) is 11.3 Å². The Morgan fingerprint density at radius 3 is 1.43 bits per heavy atom. The number of hydrogen-bond acceptors (Lipinski definition) is 5. The summed E-state index contributed by atoms with van der Waals surface area (Å²) in [5.74, 6) is 1.89. The molecule has 0 N–H and O–H groups in total. The van der Waals surface area contributed by atoms with Gasteiger partial charge in [-0.3, -0.25) is 0 Å². The van der Waals surface area contributed by atoms with Crippen LogP contribution >= 0.6 is 11.3 Å². The first-order chi connectivity index (χ1) is 31.2. The Morgan fingerprint density at radius 1 is 0.286 bits per heavy atom. The van der Waals surface area contributed by atoms with Gasteiger partial charge >= 0.3 is 0 Å². The minimum atomic E-state index is 0.622. The van der Waals surface area contributed by atoms with E-state index in [1.54, 1.807) is 0 Å². The summed E-state index contributed by atoms with van der Waals surface area (Å²) in [5.41, 5.74) is 12.7. The van der Waals surface area contributed by atoms with Crippen molar-refractivity contribution in [3.05, 3.63) is 218 Å². The van der Waals surface area contributed by atoms with Crippen LogP contribution in [0.15, 0.2) is 218 Å². The SMILES string of the molecule is c1ccc(-c2nc(-c3ccc(-c4ccc5c(c4)nc(-c4ccccc4)c4cccc(-c6ccccc6)c45)cc3)nc(-c3ccc(-c4cccc5c4sc4ccccc45)cc3)n2)cc1. The van der Waals surface area contributed by atoms with Gasteiger partial charge in [0.25, 0.3) is 0 Å². The number of fused-ring (bicyclic) bond motifs is 6. The molecule has 3 heterocycles. The monoisotopic (exact) mass is 820 g/mol. The quantitative estimate of drug-likeness (QED) is 0.150. The molecule has 5 heteroatoms. The lowest BCUT2D eigenvalue weighted by molar-refractivity contribution is 1.07. The molecule has 0 aliphatic rings. The predicted molar refractivity (Wildman–Crippen MR) is 264 cm³/mol. The molecule has 0 aliphatic carbocycles. The molecule has 0 atom stereocenters. The molecule has 12 aromatic rings. The van der Waals surface area contributed by atoms with E-state index in [9.17, 15) is 0 Å². The predicted octanol–water partition coefficient (Wildman–Crippen LogP) is 15.6. The summed E-state index contributed by atoms with van der Waals surface area (Å²) in [6.07, 6.45) is 0. The highest BCUT2D eigenvalue weighted by molar-refractivity contribution is 7.26. The van der Waals surface area contributed by atoms with Crippen molar-refractivity contribution in [3.63, 3.8) is 0 Å². The Balaban J connectivity index is 0.925. The van der Waals surface area contributed by atoms with Crippen LogP contribution in [0.25, 0.3) is 121 Å². The highest BCUT2D eigenvalue weighted by Crippen LogP contribution is 2.42. The van der Waals surface area contributed by atoms with E-state index in [4.69, 9.17) is 19.9 Å². The molecule has 0 saturated heterocycles. The third kappa shape index (κ3) is 6.63. The van der Waals surface area contributed by atoms with Gasteiger partial charge in [0.15, 0.2) is 17.5 Å². The molecule has 0 bridgehead atoms. The molecule has 0 amide bonds. The summed E-state index contributed by atoms with van der Waals surface area (Å²) in [5, 5.41) is 6.06. The van der Waals surface area contributed by atoms with Crippen LogP contribution in [0, 0.1) is 0 Å². The molecule has 12 rings (SSSR count). The fraction of sp³-hybridized carbons (Fsp3) is 0. The van der Waals surface area contributed by atoms with Crippen molar-refractivity contribution in [1.82, 2.24) is 19.9 Å². The molecule has 3 aromatic heterocycles. The standard InChI is InChI=1S/C58H36N4S/c1-4-14-38(15-5-1)45-21-12-24-50-53(45)49-35-34-44(36-51(49)59-54(50)40-16-6-2-7-17-40)37-26-30-42(31-27-37)57-60-56(41-18-8-3-9-19-41)61-58(62-57)43-32-28-39(29-33-43)46-22-13-23-48-47-20-10-11-25-52(47)63-55(46)48/h1-36H.